The Labute approximate surface area is 313 Å². The number of carboxylic acids is 1. The average Bonchev–Trinajstić information content (AvgIpc) is 3.08. The second-order valence-corrected chi connectivity index (χ2v) is 16.0. The number of guanidine groups is 1. The SMILES string of the molecule is CC(C)C[C@H](CP(=O)(O)CNC(=O)[C@H](Cc1ccc(O)cc1)NC(=O)[C@@H](N)C(C)C)C(=O)N[C@@H](CCCN=C(N)N)C(=O)N[C@@H](CO)C(=O)NCC(=O)O. The number of aliphatic hydroxyl groups is 1. The van der Waals surface area contributed by atoms with Crippen molar-refractivity contribution in [1.29, 1.82) is 0 Å². The molecule has 0 spiro atoms. The van der Waals surface area contributed by atoms with Crippen molar-refractivity contribution < 1.29 is 53.5 Å². The number of nitrogens with zero attached hydrogens (tertiary/aromatic N) is 1. The van der Waals surface area contributed by atoms with Crippen LogP contribution in [-0.2, 0) is 39.8 Å². The molecule has 1 rings (SSSR count). The van der Waals surface area contributed by atoms with E-state index in [-0.39, 0.29) is 55.8 Å². The number of rotatable bonds is 24. The van der Waals surface area contributed by atoms with Gasteiger partial charge in [0, 0.05) is 25.0 Å². The fraction of sp³-hybridized carbons (Fsp3) is 0.606. The van der Waals surface area contributed by atoms with Crippen molar-refractivity contribution in [3.63, 3.8) is 0 Å². The summed E-state index contributed by atoms with van der Waals surface area (Å²) in [6.45, 7) is 5.37. The van der Waals surface area contributed by atoms with E-state index in [1.54, 1.807) is 39.8 Å². The molecular weight excluding hydrogens is 729 g/mol. The molecule has 0 bridgehead atoms. The molecule has 5 amide bonds. The zero-order valence-electron chi connectivity index (χ0n) is 31.0. The number of carbonyl (C=O) groups is 6. The molecule has 0 fully saturated rings. The van der Waals surface area contributed by atoms with Crippen molar-refractivity contribution in [3.05, 3.63) is 29.8 Å². The minimum absolute atomic E-state index is 0.0144. The minimum Gasteiger partial charge on any atom is -0.508 e. The Morgan fingerprint density at radius 1 is 0.833 bits per heavy atom. The zero-order valence-corrected chi connectivity index (χ0v) is 31.9. The number of aliphatic imine (C=N–C) groups is 1. The van der Waals surface area contributed by atoms with Crippen LogP contribution in [0, 0.1) is 17.8 Å². The maximum absolute atomic E-state index is 13.6. The average molecular weight is 786 g/mol. The summed E-state index contributed by atoms with van der Waals surface area (Å²) in [7, 11) is -4.31. The van der Waals surface area contributed by atoms with Crippen LogP contribution in [0.5, 0.6) is 5.75 Å². The lowest BCUT2D eigenvalue weighted by molar-refractivity contribution is -0.139. The molecule has 0 radical (unpaired) electrons. The van der Waals surface area contributed by atoms with Crippen molar-refractivity contribution in [3.8, 4) is 5.75 Å². The first kappa shape index (κ1) is 47.2. The van der Waals surface area contributed by atoms with Gasteiger partial charge in [-0.15, -0.1) is 0 Å². The van der Waals surface area contributed by atoms with Gasteiger partial charge in [-0.25, -0.2) is 0 Å². The summed E-state index contributed by atoms with van der Waals surface area (Å²) in [6, 6.07) is 0.819. The van der Waals surface area contributed by atoms with Crippen LogP contribution in [0.1, 0.15) is 52.5 Å². The molecular formula is C33H56N9O11P. The molecule has 20 nitrogen and oxygen atoms in total. The number of amides is 5. The first-order valence-corrected chi connectivity index (χ1v) is 19.4. The lowest BCUT2D eigenvalue weighted by atomic mass is 9.97. The molecule has 21 heteroatoms. The third-order valence-electron chi connectivity index (χ3n) is 7.97. The van der Waals surface area contributed by atoms with E-state index in [0.717, 1.165) is 0 Å². The predicted octanol–water partition coefficient (Wildman–Crippen LogP) is -2.37. The summed E-state index contributed by atoms with van der Waals surface area (Å²) in [5.41, 5.74) is 17.3. The molecule has 304 valence electrons. The molecule has 1 unspecified atom stereocenters. The summed E-state index contributed by atoms with van der Waals surface area (Å²) in [4.78, 5) is 91.0. The van der Waals surface area contributed by atoms with Crippen LogP contribution >= 0.6 is 7.37 Å². The van der Waals surface area contributed by atoms with Crippen molar-refractivity contribution >= 4 is 48.8 Å². The topological polar surface area (TPSA) is 351 Å². The third kappa shape index (κ3) is 18.3. The molecule has 0 saturated heterocycles. The van der Waals surface area contributed by atoms with Gasteiger partial charge in [-0.3, -0.25) is 38.3 Å². The van der Waals surface area contributed by atoms with E-state index in [1.165, 1.54) is 12.1 Å². The Bertz CT molecular complexity index is 1500. The maximum Gasteiger partial charge on any atom is 0.322 e. The lowest BCUT2D eigenvalue weighted by Crippen LogP contribution is -2.56. The minimum atomic E-state index is -4.31. The van der Waals surface area contributed by atoms with E-state index in [0.29, 0.717) is 5.56 Å². The first-order chi connectivity index (χ1) is 25.1. The van der Waals surface area contributed by atoms with Crippen LogP contribution < -0.4 is 43.8 Å². The van der Waals surface area contributed by atoms with Crippen LogP contribution in [0.2, 0.25) is 0 Å². The van der Waals surface area contributed by atoms with Gasteiger partial charge in [0.1, 0.15) is 30.4 Å². The van der Waals surface area contributed by atoms with Crippen LogP contribution in [0.15, 0.2) is 29.3 Å². The molecule has 1 aromatic rings. The number of aliphatic hydroxyl groups excluding tert-OH is 1. The molecule has 6 atom stereocenters. The quantitative estimate of drug-likeness (QED) is 0.0226. The van der Waals surface area contributed by atoms with Crippen molar-refractivity contribution in [1.82, 2.24) is 26.6 Å². The predicted molar refractivity (Wildman–Crippen MR) is 199 cm³/mol. The van der Waals surface area contributed by atoms with Gasteiger partial charge < -0.3 is 64.0 Å². The Hall–Kier alpha value is -4.78. The van der Waals surface area contributed by atoms with Crippen LogP contribution in [0.25, 0.3) is 0 Å². The third-order valence-corrected chi connectivity index (χ3v) is 9.63. The smallest absolute Gasteiger partial charge is 0.322 e. The van der Waals surface area contributed by atoms with Crippen molar-refractivity contribution in [2.45, 2.75) is 77.5 Å². The number of nitrogens with one attached hydrogen (secondary N) is 5. The lowest BCUT2D eigenvalue weighted by Gasteiger charge is -2.26. The van der Waals surface area contributed by atoms with Gasteiger partial charge in [0.25, 0.3) is 0 Å². The summed E-state index contributed by atoms with van der Waals surface area (Å²) in [5.74, 6) is -7.28. The maximum atomic E-state index is 13.6. The highest BCUT2D eigenvalue weighted by atomic mass is 31.2. The molecule has 54 heavy (non-hydrogen) atoms. The molecule has 0 saturated carbocycles. The zero-order chi connectivity index (χ0) is 41.2. The summed E-state index contributed by atoms with van der Waals surface area (Å²) >= 11 is 0. The van der Waals surface area contributed by atoms with E-state index in [4.69, 9.17) is 22.3 Å². The van der Waals surface area contributed by atoms with Crippen LogP contribution in [0.3, 0.4) is 0 Å². The van der Waals surface area contributed by atoms with Gasteiger partial charge in [-0.05, 0) is 48.8 Å². The van der Waals surface area contributed by atoms with Gasteiger partial charge in [0.2, 0.25) is 36.9 Å². The molecule has 1 aromatic carbocycles. The number of aliphatic carboxylic acids is 1. The number of hydrogen-bond donors (Lipinski definition) is 12. The Morgan fingerprint density at radius 3 is 1.94 bits per heavy atom. The molecule has 15 N–H and O–H groups in total. The number of carboxylic acid groups (broad SMARTS) is 1. The number of phenols is 1. The fourth-order valence-corrected chi connectivity index (χ4v) is 6.56. The summed E-state index contributed by atoms with van der Waals surface area (Å²) in [5, 5.41) is 40.0. The van der Waals surface area contributed by atoms with Gasteiger partial charge in [-0.1, -0.05) is 39.8 Å². The van der Waals surface area contributed by atoms with Gasteiger partial charge in [-0.2, -0.15) is 0 Å². The first-order valence-electron chi connectivity index (χ1n) is 17.3. The number of carbonyl (C=O) groups excluding carboxylic acids is 5. The second kappa shape index (κ2) is 23.1. The van der Waals surface area contributed by atoms with Crippen molar-refractivity contribution in [2.75, 3.05) is 32.1 Å². The van der Waals surface area contributed by atoms with Gasteiger partial charge in [0.15, 0.2) is 5.96 Å². The number of benzene rings is 1. The van der Waals surface area contributed by atoms with Crippen LogP contribution in [-0.4, -0.2) is 118 Å². The van der Waals surface area contributed by atoms with Gasteiger partial charge in [0.05, 0.1) is 18.9 Å². The summed E-state index contributed by atoms with van der Waals surface area (Å²) < 4.78 is 13.5. The van der Waals surface area contributed by atoms with Crippen LogP contribution in [0.4, 0.5) is 0 Å². The highest BCUT2D eigenvalue weighted by Gasteiger charge is 2.34. The van der Waals surface area contributed by atoms with E-state index in [1.807, 2.05) is 5.32 Å². The largest absolute Gasteiger partial charge is 0.508 e. The van der Waals surface area contributed by atoms with E-state index in [2.05, 4.69) is 26.3 Å². The molecule has 0 aliphatic rings. The van der Waals surface area contributed by atoms with Crippen molar-refractivity contribution in [2.24, 2.45) is 39.9 Å². The highest BCUT2D eigenvalue weighted by Crippen LogP contribution is 2.42. The number of nitrogens with two attached hydrogens (primary N) is 3. The Balaban J connectivity index is 3.19. The molecule has 0 heterocycles. The molecule has 0 aromatic heterocycles. The van der Waals surface area contributed by atoms with E-state index >= 15 is 0 Å². The van der Waals surface area contributed by atoms with E-state index in [9.17, 15) is 48.4 Å². The number of phenolic OH excluding ortho intramolecular Hbond substituents is 1. The normalized spacial score (nSPS) is 15.1. The number of hydrogen-bond acceptors (Lipinski definition) is 11. The van der Waals surface area contributed by atoms with Gasteiger partial charge >= 0.3 is 5.97 Å². The molecule has 0 aliphatic carbocycles. The van der Waals surface area contributed by atoms with E-state index < -0.39 is 98.6 Å². The highest BCUT2D eigenvalue weighted by molar-refractivity contribution is 7.58. The Morgan fingerprint density at radius 2 is 1.41 bits per heavy atom. The molecule has 0 aliphatic heterocycles. The fourth-order valence-electron chi connectivity index (χ4n) is 5.03. The number of aromatic hydroxyl groups is 1. The summed E-state index contributed by atoms with van der Waals surface area (Å²) in [6.07, 6.45) is -1.23. The standard InChI is InChI=1S/C33H56N9O11P/c1-18(2)12-21(28(47)40-23(6-5-11-37-33(35)36)31(50)42-25(15-43)30(49)38-14-26(45)46)16-54(52,53)17-39-29(48)24(41-32(51)27(34)19(3)4)13-20-7-9-22(44)10-8-20/h7-10,18-19,21,23-25,27,43-44H,5-6,11-17,34H2,1-4H3,(H,38,49)(H,39,48)(H,40,47)(H,41,51)(H,42,50)(H,45,46)(H,52,53)(H4,35,36,37)/t21-,23+,24+,25+,27+/m1/s1. The second-order valence-electron chi connectivity index (χ2n) is 13.6. The monoisotopic (exact) mass is 785 g/mol. The Kier molecular flexibility index (Phi) is 20.2.